The quantitative estimate of drug-likeness (QED) is 0.783. The summed E-state index contributed by atoms with van der Waals surface area (Å²) in [6.07, 6.45) is 0.350. The molecule has 1 aromatic carbocycles. The van der Waals surface area contributed by atoms with Gasteiger partial charge in [-0.1, -0.05) is 25.5 Å². The van der Waals surface area contributed by atoms with Crippen LogP contribution in [-0.2, 0) is 9.47 Å². The van der Waals surface area contributed by atoms with E-state index in [-0.39, 0.29) is 18.3 Å². The zero-order valence-corrected chi connectivity index (χ0v) is 16.5. The van der Waals surface area contributed by atoms with Crippen LogP contribution in [0.5, 0.6) is 0 Å². The van der Waals surface area contributed by atoms with Crippen molar-refractivity contribution < 1.29 is 23.5 Å². The molecule has 2 rings (SSSR count). The van der Waals surface area contributed by atoms with Gasteiger partial charge in [-0.3, -0.25) is 0 Å². The van der Waals surface area contributed by atoms with Gasteiger partial charge in [0.2, 0.25) is 0 Å². The van der Waals surface area contributed by atoms with Crippen molar-refractivity contribution in [1.82, 2.24) is 10.2 Å². The molecule has 1 N–H and O–H groups in total. The van der Waals surface area contributed by atoms with Crippen molar-refractivity contribution in [2.24, 2.45) is 0 Å². The Morgan fingerprint density at radius 3 is 2.48 bits per heavy atom. The van der Waals surface area contributed by atoms with Gasteiger partial charge in [-0.25, -0.2) is 14.0 Å². The number of carbonyl (C=O) groups is 2. The van der Waals surface area contributed by atoms with Gasteiger partial charge in [0.05, 0.1) is 6.54 Å². The highest BCUT2D eigenvalue weighted by atomic mass is 19.1. The van der Waals surface area contributed by atoms with Crippen molar-refractivity contribution in [3.8, 4) is 0 Å². The van der Waals surface area contributed by atoms with E-state index in [4.69, 9.17) is 9.47 Å². The van der Waals surface area contributed by atoms with E-state index < -0.39 is 23.9 Å². The van der Waals surface area contributed by atoms with E-state index in [1.54, 1.807) is 32.9 Å². The number of halogens is 1. The van der Waals surface area contributed by atoms with E-state index in [2.05, 4.69) is 5.32 Å². The van der Waals surface area contributed by atoms with Gasteiger partial charge < -0.3 is 19.7 Å². The number of benzene rings is 1. The highest BCUT2D eigenvalue weighted by molar-refractivity contribution is 5.70. The number of alkyl carbamates (subject to hydrolysis) is 1. The Morgan fingerprint density at radius 1 is 1.22 bits per heavy atom. The molecule has 27 heavy (non-hydrogen) atoms. The van der Waals surface area contributed by atoms with Gasteiger partial charge in [0.15, 0.2) is 0 Å². The third kappa shape index (κ3) is 6.41. The normalized spacial score (nSPS) is 19.7. The van der Waals surface area contributed by atoms with Crippen LogP contribution >= 0.6 is 0 Å². The zero-order chi connectivity index (χ0) is 20.0. The highest BCUT2D eigenvalue weighted by Gasteiger charge is 2.40. The van der Waals surface area contributed by atoms with E-state index in [1.165, 1.54) is 17.0 Å². The number of nitrogens with one attached hydrogen (secondary N) is 1. The van der Waals surface area contributed by atoms with E-state index >= 15 is 0 Å². The van der Waals surface area contributed by atoms with Crippen LogP contribution in [0.3, 0.4) is 0 Å². The smallest absolute Gasteiger partial charge is 0.410 e. The summed E-state index contributed by atoms with van der Waals surface area (Å²) in [5.41, 5.74) is 0.202. The summed E-state index contributed by atoms with van der Waals surface area (Å²) in [6.45, 7) is 8.55. The van der Waals surface area contributed by atoms with E-state index in [0.29, 0.717) is 13.1 Å². The van der Waals surface area contributed by atoms with Crippen molar-refractivity contribution >= 4 is 12.2 Å². The topological polar surface area (TPSA) is 67.9 Å². The number of likely N-dealkylation sites (tertiary alicyclic amines) is 1. The first-order valence-corrected chi connectivity index (χ1v) is 9.37. The maximum Gasteiger partial charge on any atom is 0.410 e. The first kappa shape index (κ1) is 21.0. The first-order chi connectivity index (χ1) is 12.7. The average Bonchev–Trinajstić information content (AvgIpc) is 2.98. The molecule has 150 valence electrons. The zero-order valence-electron chi connectivity index (χ0n) is 16.5. The van der Waals surface area contributed by atoms with Crippen molar-refractivity contribution in [3.05, 3.63) is 35.6 Å². The second-order valence-corrected chi connectivity index (χ2v) is 7.77. The maximum atomic E-state index is 13.3. The molecule has 1 saturated heterocycles. The lowest BCUT2D eigenvalue weighted by Gasteiger charge is -2.24. The SMILES string of the molecule is CCCCNC(=O)OC1CN(C(=O)OC(C)(C)C)CC1c1ccc(F)cc1. The van der Waals surface area contributed by atoms with Gasteiger partial charge >= 0.3 is 12.2 Å². The fourth-order valence-corrected chi connectivity index (χ4v) is 2.95. The molecule has 2 amide bonds. The molecule has 0 bridgehead atoms. The molecular weight excluding hydrogens is 351 g/mol. The fraction of sp³-hybridized carbons (Fsp3) is 0.600. The van der Waals surface area contributed by atoms with Crippen molar-refractivity contribution in [3.63, 3.8) is 0 Å². The molecule has 0 aliphatic carbocycles. The van der Waals surface area contributed by atoms with Crippen molar-refractivity contribution in [2.75, 3.05) is 19.6 Å². The highest BCUT2D eigenvalue weighted by Crippen LogP contribution is 2.31. The molecule has 0 spiro atoms. The molecule has 6 nitrogen and oxygen atoms in total. The number of ether oxygens (including phenoxy) is 2. The number of amides is 2. The molecule has 1 fully saturated rings. The van der Waals surface area contributed by atoms with Gasteiger partial charge in [-0.15, -0.1) is 0 Å². The minimum Gasteiger partial charge on any atom is -0.444 e. The van der Waals surface area contributed by atoms with Crippen LogP contribution in [0.1, 0.15) is 52.0 Å². The summed E-state index contributed by atoms with van der Waals surface area (Å²) < 4.78 is 24.3. The van der Waals surface area contributed by atoms with Crippen molar-refractivity contribution in [1.29, 1.82) is 0 Å². The molecule has 7 heteroatoms. The third-order valence-corrected chi connectivity index (χ3v) is 4.27. The molecule has 2 atom stereocenters. The Bertz CT molecular complexity index is 642. The lowest BCUT2D eigenvalue weighted by Crippen LogP contribution is -2.37. The molecule has 2 unspecified atom stereocenters. The van der Waals surface area contributed by atoms with Crippen molar-refractivity contribution in [2.45, 2.75) is 58.2 Å². The largest absolute Gasteiger partial charge is 0.444 e. The Morgan fingerprint density at radius 2 is 1.89 bits per heavy atom. The van der Waals surface area contributed by atoms with Crippen LogP contribution < -0.4 is 5.32 Å². The summed E-state index contributed by atoms with van der Waals surface area (Å²) >= 11 is 0. The Kier molecular flexibility index (Phi) is 7.05. The molecule has 0 saturated carbocycles. The van der Waals surface area contributed by atoms with Crippen LogP contribution in [0.2, 0.25) is 0 Å². The molecule has 1 aliphatic rings. The minimum atomic E-state index is -0.612. The predicted octanol–water partition coefficient (Wildman–Crippen LogP) is 4.05. The summed E-state index contributed by atoms with van der Waals surface area (Å²) in [6, 6.07) is 6.04. The van der Waals surface area contributed by atoms with Crippen LogP contribution in [0, 0.1) is 5.82 Å². The van der Waals surface area contributed by atoms with Gasteiger partial charge in [-0.05, 0) is 44.9 Å². The number of carbonyl (C=O) groups excluding carboxylic acids is 2. The van der Waals surface area contributed by atoms with Gasteiger partial charge in [-0.2, -0.15) is 0 Å². The van der Waals surface area contributed by atoms with Crippen LogP contribution in [-0.4, -0.2) is 48.4 Å². The molecule has 1 aromatic rings. The van der Waals surface area contributed by atoms with Gasteiger partial charge in [0.1, 0.15) is 17.5 Å². The summed E-state index contributed by atoms with van der Waals surface area (Å²) in [7, 11) is 0. The summed E-state index contributed by atoms with van der Waals surface area (Å²) in [4.78, 5) is 26.0. The Labute approximate surface area is 160 Å². The van der Waals surface area contributed by atoms with E-state index in [1.807, 2.05) is 6.92 Å². The van der Waals surface area contributed by atoms with Crippen LogP contribution in [0.25, 0.3) is 0 Å². The molecule has 0 radical (unpaired) electrons. The Balaban J connectivity index is 2.10. The Hall–Kier alpha value is -2.31. The van der Waals surface area contributed by atoms with Gasteiger partial charge in [0, 0.05) is 19.0 Å². The molecule has 1 heterocycles. The first-order valence-electron chi connectivity index (χ1n) is 9.37. The lowest BCUT2D eigenvalue weighted by molar-refractivity contribution is 0.0259. The van der Waals surface area contributed by atoms with E-state index in [0.717, 1.165) is 18.4 Å². The van der Waals surface area contributed by atoms with Crippen LogP contribution in [0.15, 0.2) is 24.3 Å². The molecular formula is C20H29FN2O4. The number of rotatable bonds is 5. The number of unbranched alkanes of at least 4 members (excludes halogenated alkanes) is 1. The summed E-state index contributed by atoms with van der Waals surface area (Å²) in [5, 5.41) is 2.72. The summed E-state index contributed by atoms with van der Waals surface area (Å²) in [5.74, 6) is -0.578. The lowest BCUT2D eigenvalue weighted by atomic mass is 9.96. The van der Waals surface area contributed by atoms with Crippen LogP contribution in [0.4, 0.5) is 14.0 Å². The standard InChI is InChI=1S/C20H29FN2O4/c1-5-6-11-22-18(24)26-17-13-23(19(25)27-20(2,3)4)12-16(17)14-7-9-15(21)10-8-14/h7-10,16-17H,5-6,11-13H2,1-4H3,(H,22,24). The molecule has 0 aromatic heterocycles. The monoisotopic (exact) mass is 380 g/mol. The fourth-order valence-electron chi connectivity index (χ4n) is 2.95. The maximum absolute atomic E-state index is 13.3. The average molecular weight is 380 g/mol. The molecule has 1 aliphatic heterocycles. The third-order valence-electron chi connectivity index (χ3n) is 4.27. The second-order valence-electron chi connectivity index (χ2n) is 7.77. The number of nitrogens with zero attached hydrogens (tertiary/aromatic N) is 1. The number of hydrogen-bond donors (Lipinski definition) is 1. The van der Waals surface area contributed by atoms with Gasteiger partial charge in [0.25, 0.3) is 0 Å². The predicted molar refractivity (Wildman–Crippen MR) is 100 cm³/mol. The minimum absolute atomic E-state index is 0.234. The second kappa shape index (κ2) is 9.06. The van der Waals surface area contributed by atoms with E-state index in [9.17, 15) is 14.0 Å². The number of hydrogen-bond acceptors (Lipinski definition) is 4.